The SMILES string of the molecule is C[Si](C)(C)CCOCn1nc(Br)nc1S(=O)(=O)CCO. The van der Waals surface area contributed by atoms with Crippen LogP contribution in [0.1, 0.15) is 0 Å². The van der Waals surface area contributed by atoms with E-state index >= 15 is 0 Å². The normalized spacial score (nSPS) is 12.8. The molecule has 1 aromatic rings. The molecular weight excluding hydrogens is 366 g/mol. The summed E-state index contributed by atoms with van der Waals surface area (Å²) in [7, 11) is -4.83. The molecule has 0 amide bonds. The van der Waals surface area contributed by atoms with Gasteiger partial charge in [0.05, 0.1) is 12.4 Å². The summed E-state index contributed by atoms with van der Waals surface area (Å²) >= 11 is 3.05. The molecule has 0 aromatic carbocycles. The van der Waals surface area contributed by atoms with Crippen molar-refractivity contribution >= 4 is 33.8 Å². The summed E-state index contributed by atoms with van der Waals surface area (Å²) in [4.78, 5) is 3.83. The van der Waals surface area contributed by atoms with Gasteiger partial charge >= 0.3 is 0 Å². The van der Waals surface area contributed by atoms with E-state index in [2.05, 4.69) is 45.7 Å². The average Bonchev–Trinajstić information content (AvgIpc) is 2.65. The fraction of sp³-hybridized carbons (Fsp3) is 0.800. The van der Waals surface area contributed by atoms with Crippen LogP contribution < -0.4 is 0 Å². The predicted octanol–water partition coefficient (Wildman–Crippen LogP) is 1.12. The molecule has 0 aliphatic carbocycles. The maximum atomic E-state index is 11.9. The highest BCUT2D eigenvalue weighted by Gasteiger charge is 2.23. The highest BCUT2D eigenvalue weighted by atomic mass is 79.9. The first-order valence-corrected chi connectivity index (χ1v) is 12.3. The molecule has 0 fully saturated rings. The van der Waals surface area contributed by atoms with Crippen molar-refractivity contribution in [2.24, 2.45) is 0 Å². The van der Waals surface area contributed by atoms with Crippen molar-refractivity contribution in [2.45, 2.75) is 37.6 Å². The number of hydrogen-bond acceptors (Lipinski definition) is 6. The fourth-order valence-electron chi connectivity index (χ4n) is 1.36. The molecule has 7 nitrogen and oxygen atoms in total. The zero-order valence-electron chi connectivity index (χ0n) is 11.8. The maximum absolute atomic E-state index is 11.9. The van der Waals surface area contributed by atoms with Crippen molar-refractivity contribution in [1.29, 1.82) is 0 Å². The molecule has 1 aromatic heterocycles. The van der Waals surface area contributed by atoms with Crippen LogP contribution in [0.3, 0.4) is 0 Å². The van der Waals surface area contributed by atoms with Crippen LogP contribution in [0.2, 0.25) is 25.7 Å². The van der Waals surface area contributed by atoms with Crippen LogP contribution in [0.4, 0.5) is 0 Å². The van der Waals surface area contributed by atoms with E-state index in [1.807, 2.05) is 0 Å². The minimum atomic E-state index is -3.65. The Bertz CT molecular complexity index is 541. The third kappa shape index (κ3) is 5.60. The van der Waals surface area contributed by atoms with Gasteiger partial charge in [0.15, 0.2) is 0 Å². The molecule has 0 aliphatic rings. The molecule has 0 aliphatic heterocycles. The summed E-state index contributed by atoms with van der Waals surface area (Å²) in [5, 5.41) is 12.5. The molecule has 1 heterocycles. The second kappa shape index (κ2) is 7.12. The highest BCUT2D eigenvalue weighted by Crippen LogP contribution is 2.13. The monoisotopic (exact) mass is 385 g/mol. The number of halogens is 1. The Balaban J connectivity index is 2.72. The lowest BCUT2D eigenvalue weighted by atomic mass is 10.8. The van der Waals surface area contributed by atoms with Crippen LogP contribution in [0.15, 0.2) is 9.89 Å². The van der Waals surface area contributed by atoms with Gasteiger partial charge in [-0.25, -0.2) is 13.1 Å². The van der Waals surface area contributed by atoms with E-state index in [0.29, 0.717) is 6.61 Å². The molecule has 1 N–H and O–H groups in total. The summed E-state index contributed by atoms with van der Waals surface area (Å²) in [5.74, 6) is -0.382. The van der Waals surface area contributed by atoms with Gasteiger partial charge in [-0.1, -0.05) is 19.6 Å². The third-order valence-corrected chi connectivity index (χ3v) is 6.08. The van der Waals surface area contributed by atoms with E-state index in [1.165, 1.54) is 4.68 Å². The van der Waals surface area contributed by atoms with Gasteiger partial charge in [-0.3, -0.25) is 0 Å². The summed E-state index contributed by atoms with van der Waals surface area (Å²) < 4.78 is 30.7. The van der Waals surface area contributed by atoms with Gasteiger partial charge in [0.1, 0.15) is 6.73 Å². The lowest BCUT2D eigenvalue weighted by Crippen LogP contribution is -2.23. The zero-order chi connectivity index (χ0) is 15.4. The van der Waals surface area contributed by atoms with Gasteiger partial charge in [-0.05, 0) is 22.0 Å². The number of aliphatic hydroxyl groups excluding tert-OH is 1. The molecule has 0 bridgehead atoms. The summed E-state index contributed by atoms with van der Waals surface area (Å²) in [6.07, 6.45) is 0. The Labute approximate surface area is 128 Å². The molecule has 20 heavy (non-hydrogen) atoms. The lowest BCUT2D eigenvalue weighted by Gasteiger charge is -2.15. The van der Waals surface area contributed by atoms with Gasteiger partial charge < -0.3 is 9.84 Å². The molecule has 1 rings (SSSR count). The fourth-order valence-corrected chi connectivity index (χ4v) is 3.65. The van der Waals surface area contributed by atoms with Crippen molar-refractivity contribution in [3.8, 4) is 0 Å². The first-order chi connectivity index (χ1) is 9.15. The standard InChI is InChI=1S/C10H20BrN3O4SSi/c1-20(2,3)7-5-18-8-14-10(12-9(11)13-14)19(16,17)6-4-15/h15H,4-8H2,1-3H3. The molecule has 10 heteroatoms. The molecule has 0 unspecified atom stereocenters. The maximum Gasteiger partial charge on any atom is 0.248 e. The molecule has 0 saturated carbocycles. The van der Waals surface area contributed by atoms with E-state index in [-0.39, 0.29) is 22.4 Å². The number of ether oxygens (including phenoxy) is 1. The number of aliphatic hydroxyl groups is 1. The number of hydrogen-bond donors (Lipinski definition) is 1. The Morgan fingerprint density at radius 1 is 1.40 bits per heavy atom. The van der Waals surface area contributed by atoms with Gasteiger partial charge in [-0.15, -0.1) is 5.10 Å². The van der Waals surface area contributed by atoms with E-state index in [1.54, 1.807) is 0 Å². The summed E-state index contributed by atoms with van der Waals surface area (Å²) in [5.41, 5.74) is 0. The van der Waals surface area contributed by atoms with E-state index in [4.69, 9.17) is 9.84 Å². The predicted molar refractivity (Wildman–Crippen MR) is 81.0 cm³/mol. The van der Waals surface area contributed by atoms with Crippen molar-refractivity contribution in [3.05, 3.63) is 4.73 Å². The third-order valence-electron chi connectivity index (χ3n) is 2.46. The summed E-state index contributed by atoms with van der Waals surface area (Å²) in [6, 6.07) is 0.988. The van der Waals surface area contributed by atoms with Crippen molar-refractivity contribution in [1.82, 2.24) is 14.8 Å². The van der Waals surface area contributed by atoms with E-state index in [0.717, 1.165) is 6.04 Å². The average molecular weight is 386 g/mol. The topological polar surface area (TPSA) is 94.3 Å². The number of nitrogens with zero attached hydrogens (tertiary/aromatic N) is 3. The molecule has 0 radical (unpaired) electrons. The lowest BCUT2D eigenvalue weighted by molar-refractivity contribution is 0.0712. The van der Waals surface area contributed by atoms with E-state index in [9.17, 15) is 8.42 Å². The minimum absolute atomic E-state index is 0.0308. The van der Waals surface area contributed by atoms with Gasteiger partial charge in [0, 0.05) is 14.7 Å². The molecule has 0 saturated heterocycles. The second-order valence-electron chi connectivity index (χ2n) is 5.55. The summed E-state index contributed by atoms with van der Waals surface area (Å²) in [6.45, 7) is 6.84. The Hall–Kier alpha value is -0.293. The second-order valence-corrected chi connectivity index (χ2v) is 13.9. The molecule has 116 valence electrons. The number of rotatable bonds is 8. The van der Waals surface area contributed by atoms with Crippen LogP contribution in [0, 0.1) is 0 Å². The van der Waals surface area contributed by atoms with Crippen LogP contribution in [-0.2, 0) is 21.3 Å². The van der Waals surface area contributed by atoms with Gasteiger partial charge in [-0.2, -0.15) is 4.98 Å². The highest BCUT2D eigenvalue weighted by molar-refractivity contribution is 9.10. The van der Waals surface area contributed by atoms with Crippen molar-refractivity contribution < 1.29 is 18.3 Å². The Morgan fingerprint density at radius 2 is 2.05 bits per heavy atom. The zero-order valence-corrected chi connectivity index (χ0v) is 15.2. The molecule has 0 atom stereocenters. The van der Waals surface area contributed by atoms with Gasteiger partial charge in [0.2, 0.25) is 19.7 Å². The van der Waals surface area contributed by atoms with Crippen LogP contribution in [-0.4, -0.2) is 55.3 Å². The van der Waals surface area contributed by atoms with Crippen LogP contribution >= 0.6 is 15.9 Å². The first-order valence-electron chi connectivity index (χ1n) is 6.17. The van der Waals surface area contributed by atoms with Crippen molar-refractivity contribution in [2.75, 3.05) is 19.0 Å². The largest absolute Gasteiger partial charge is 0.395 e. The Morgan fingerprint density at radius 3 is 2.60 bits per heavy atom. The molecule has 0 spiro atoms. The van der Waals surface area contributed by atoms with Crippen molar-refractivity contribution in [3.63, 3.8) is 0 Å². The first kappa shape index (κ1) is 17.8. The molecular formula is C10H20BrN3O4SSi. The minimum Gasteiger partial charge on any atom is -0.395 e. The smallest absolute Gasteiger partial charge is 0.248 e. The van der Waals surface area contributed by atoms with E-state index < -0.39 is 24.5 Å². The van der Waals surface area contributed by atoms with Crippen LogP contribution in [0.5, 0.6) is 0 Å². The Kier molecular flexibility index (Phi) is 6.32. The van der Waals surface area contributed by atoms with Crippen LogP contribution in [0.25, 0.3) is 0 Å². The quantitative estimate of drug-likeness (QED) is 0.532. The number of aromatic nitrogens is 3. The number of sulfone groups is 1. The van der Waals surface area contributed by atoms with Gasteiger partial charge in [0.25, 0.3) is 0 Å².